The van der Waals surface area contributed by atoms with Crippen LogP contribution in [-0.4, -0.2) is 67.5 Å². The number of imidazole rings is 1. The molecule has 0 bridgehead atoms. The van der Waals surface area contributed by atoms with Crippen LogP contribution >= 0.6 is 0 Å². The van der Waals surface area contributed by atoms with Crippen molar-refractivity contribution in [3.8, 4) is 0 Å². The average Bonchev–Trinajstić information content (AvgIpc) is 3.17. The van der Waals surface area contributed by atoms with Gasteiger partial charge in [-0.15, -0.1) is 0 Å². The van der Waals surface area contributed by atoms with Crippen LogP contribution in [0.2, 0.25) is 0 Å². The zero-order valence-electron chi connectivity index (χ0n) is 17.7. The number of benzene rings is 2. The van der Waals surface area contributed by atoms with Gasteiger partial charge >= 0.3 is 11.7 Å². The lowest BCUT2D eigenvalue weighted by Gasteiger charge is -2.26. The van der Waals surface area contributed by atoms with E-state index in [1.165, 1.54) is 22.5 Å². The molecule has 1 saturated heterocycles. The second kappa shape index (κ2) is 9.17. The van der Waals surface area contributed by atoms with E-state index in [1.807, 2.05) is 0 Å². The number of aryl methyl sites for hydroxylation is 1. The number of sulfonamides is 1. The first-order valence-corrected chi connectivity index (χ1v) is 11.6. The molecule has 12 heteroatoms. The number of rotatable bonds is 6. The molecule has 3 N–H and O–H groups in total. The number of hydrogen-bond acceptors (Lipinski definition) is 7. The Kier molecular flexibility index (Phi) is 6.31. The van der Waals surface area contributed by atoms with E-state index in [2.05, 4.69) is 15.3 Å². The van der Waals surface area contributed by atoms with Gasteiger partial charge in [0.25, 0.3) is 5.91 Å². The Morgan fingerprint density at radius 1 is 1.09 bits per heavy atom. The summed E-state index contributed by atoms with van der Waals surface area (Å²) in [5, 5.41) is 2.57. The first kappa shape index (κ1) is 22.7. The summed E-state index contributed by atoms with van der Waals surface area (Å²) in [5.74, 6) is -1.41. The summed E-state index contributed by atoms with van der Waals surface area (Å²) in [5.41, 5.74) is 1.67. The molecule has 0 atom stereocenters. The van der Waals surface area contributed by atoms with E-state index in [0.717, 1.165) is 0 Å². The van der Waals surface area contributed by atoms with Crippen LogP contribution in [0.4, 0.5) is 5.69 Å². The lowest BCUT2D eigenvalue weighted by atomic mass is 10.1. The Morgan fingerprint density at radius 3 is 2.58 bits per heavy atom. The molecule has 0 aliphatic carbocycles. The predicted molar refractivity (Wildman–Crippen MR) is 119 cm³/mol. The van der Waals surface area contributed by atoms with E-state index in [-0.39, 0.29) is 29.2 Å². The Hall–Kier alpha value is -3.48. The number of H-pyrrole nitrogens is 2. The molecular formula is C21H22N4O7S. The highest BCUT2D eigenvalue weighted by molar-refractivity contribution is 7.89. The number of carbonyl (C=O) groups excluding carboxylic acids is 2. The van der Waals surface area contributed by atoms with Crippen LogP contribution in [0, 0.1) is 6.92 Å². The summed E-state index contributed by atoms with van der Waals surface area (Å²) in [4.78, 5) is 41.2. The first-order chi connectivity index (χ1) is 15.7. The lowest BCUT2D eigenvalue weighted by Crippen LogP contribution is -2.40. The van der Waals surface area contributed by atoms with Crippen molar-refractivity contribution in [3.05, 3.63) is 58.0 Å². The predicted octanol–water partition coefficient (Wildman–Crippen LogP) is 0.981. The fourth-order valence-electron chi connectivity index (χ4n) is 3.45. The van der Waals surface area contributed by atoms with Gasteiger partial charge in [0.15, 0.2) is 6.61 Å². The molecule has 1 amide bonds. The van der Waals surface area contributed by atoms with Gasteiger partial charge in [0.05, 0.1) is 34.7 Å². The molecule has 1 aromatic heterocycles. The number of anilines is 1. The molecule has 1 aliphatic heterocycles. The van der Waals surface area contributed by atoms with E-state index < -0.39 is 28.5 Å². The number of aromatic amines is 2. The maximum Gasteiger partial charge on any atom is 0.338 e. The van der Waals surface area contributed by atoms with Crippen molar-refractivity contribution < 1.29 is 27.5 Å². The number of ether oxygens (including phenoxy) is 2. The molecule has 2 aromatic carbocycles. The van der Waals surface area contributed by atoms with Crippen molar-refractivity contribution in [2.45, 2.75) is 11.8 Å². The van der Waals surface area contributed by atoms with Gasteiger partial charge in [0.1, 0.15) is 0 Å². The van der Waals surface area contributed by atoms with Crippen LogP contribution < -0.4 is 11.0 Å². The average molecular weight is 474 g/mol. The number of fused-ring (bicyclic) bond motifs is 1. The highest BCUT2D eigenvalue weighted by atomic mass is 32.2. The van der Waals surface area contributed by atoms with Crippen LogP contribution in [0.25, 0.3) is 11.0 Å². The molecule has 4 rings (SSSR count). The van der Waals surface area contributed by atoms with Crippen LogP contribution in [0.15, 0.2) is 46.1 Å². The number of carbonyl (C=O) groups is 2. The number of aromatic nitrogens is 2. The summed E-state index contributed by atoms with van der Waals surface area (Å²) in [7, 11) is -3.80. The van der Waals surface area contributed by atoms with Crippen molar-refractivity contribution in [2.75, 3.05) is 38.2 Å². The maximum absolute atomic E-state index is 13.0. The molecular weight excluding hydrogens is 452 g/mol. The van der Waals surface area contributed by atoms with Gasteiger partial charge in [-0.2, -0.15) is 4.31 Å². The zero-order valence-corrected chi connectivity index (χ0v) is 18.5. The highest BCUT2D eigenvalue weighted by Gasteiger charge is 2.28. The van der Waals surface area contributed by atoms with E-state index in [1.54, 1.807) is 25.1 Å². The third-order valence-electron chi connectivity index (χ3n) is 5.15. The second-order valence-electron chi connectivity index (χ2n) is 7.46. The number of nitrogens with one attached hydrogen (secondary N) is 3. The number of esters is 1. The van der Waals surface area contributed by atoms with Crippen LogP contribution in [0.1, 0.15) is 15.9 Å². The van der Waals surface area contributed by atoms with Crippen LogP contribution in [0.3, 0.4) is 0 Å². The smallest absolute Gasteiger partial charge is 0.338 e. The van der Waals surface area contributed by atoms with Gasteiger partial charge in [0, 0.05) is 18.8 Å². The molecule has 0 unspecified atom stereocenters. The number of hydrogen-bond donors (Lipinski definition) is 3. The molecule has 33 heavy (non-hydrogen) atoms. The molecule has 0 spiro atoms. The summed E-state index contributed by atoms with van der Waals surface area (Å²) < 4.78 is 37.5. The fourth-order valence-corrected chi connectivity index (χ4v) is 5.11. The van der Waals surface area contributed by atoms with Gasteiger partial charge in [-0.05, 0) is 42.8 Å². The fraction of sp³-hybridized carbons (Fsp3) is 0.286. The molecule has 0 saturated carbocycles. The summed E-state index contributed by atoms with van der Waals surface area (Å²) >= 11 is 0. The zero-order chi connectivity index (χ0) is 23.6. The van der Waals surface area contributed by atoms with Gasteiger partial charge in [0.2, 0.25) is 10.0 Å². The standard InChI is InChI=1S/C21H22N4O7S/c1-13-2-3-14(10-18(13)33(29,30)25-6-8-31-9-7-25)20(27)32-12-19(26)22-15-4-5-16-17(11-15)24-21(28)23-16/h2-5,10-11H,6-9,12H2,1H3,(H,22,26)(H2,23,24,28). The van der Waals surface area contributed by atoms with Crippen molar-refractivity contribution >= 4 is 38.6 Å². The normalized spacial score (nSPS) is 14.8. The number of nitrogens with zero attached hydrogens (tertiary/aromatic N) is 1. The Morgan fingerprint density at radius 2 is 1.82 bits per heavy atom. The van der Waals surface area contributed by atoms with E-state index in [9.17, 15) is 22.8 Å². The first-order valence-electron chi connectivity index (χ1n) is 10.1. The van der Waals surface area contributed by atoms with Gasteiger partial charge in [-0.3, -0.25) is 4.79 Å². The highest BCUT2D eigenvalue weighted by Crippen LogP contribution is 2.23. The molecule has 1 aliphatic rings. The second-order valence-corrected chi connectivity index (χ2v) is 9.37. The Labute approximate surface area is 188 Å². The molecule has 174 valence electrons. The Balaban J connectivity index is 1.42. The van der Waals surface area contributed by atoms with Crippen molar-refractivity contribution in [3.63, 3.8) is 0 Å². The summed E-state index contributed by atoms with van der Waals surface area (Å²) in [6, 6.07) is 9.01. The molecule has 1 fully saturated rings. The minimum absolute atomic E-state index is 0.0112. The Bertz CT molecular complexity index is 1370. The maximum atomic E-state index is 13.0. The molecule has 11 nitrogen and oxygen atoms in total. The number of morpholine rings is 1. The van der Waals surface area contributed by atoms with E-state index in [0.29, 0.717) is 35.5 Å². The minimum atomic E-state index is -3.80. The van der Waals surface area contributed by atoms with Gasteiger partial charge < -0.3 is 24.8 Å². The monoisotopic (exact) mass is 474 g/mol. The van der Waals surface area contributed by atoms with Gasteiger partial charge in [-0.25, -0.2) is 18.0 Å². The van der Waals surface area contributed by atoms with Crippen molar-refractivity contribution in [1.82, 2.24) is 14.3 Å². The minimum Gasteiger partial charge on any atom is -0.452 e. The summed E-state index contributed by atoms with van der Waals surface area (Å²) in [6.07, 6.45) is 0. The third kappa shape index (κ3) is 4.97. The lowest BCUT2D eigenvalue weighted by molar-refractivity contribution is -0.119. The van der Waals surface area contributed by atoms with Gasteiger partial charge in [-0.1, -0.05) is 6.07 Å². The SMILES string of the molecule is Cc1ccc(C(=O)OCC(=O)Nc2ccc3[nH]c(=O)[nH]c3c2)cc1S(=O)(=O)N1CCOCC1. The molecule has 2 heterocycles. The summed E-state index contributed by atoms with van der Waals surface area (Å²) in [6.45, 7) is 2.16. The van der Waals surface area contributed by atoms with Crippen molar-refractivity contribution in [1.29, 1.82) is 0 Å². The van der Waals surface area contributed by atoms with Crippen LogP contribution in [-0.2, 0) is 24.3 Å². The topological polar surface area (TPSA) is 151 Å². The van der Waals surface area contributed by atoms with Crippen molar-refractivity contribution in [2.24, 2.45) is 0 Å². The number of amides is 1. The quantitative estimate of drug-likeness (QED) is 0.451. The molecule has 3 aromatic rings. The molecule has 0 radical (unpaired) electrons. The van der Waals surface area contributed by atoms with E-state index in [4.69, 9.17) is 9.47 Å². The van der Waals surface area contributed by atoms with Crippen LogP contribution in [0.5, 0.6) is 0 Å². The third-order valence-corrected chi connectivity index (χ3v) is 7.19. The largest absolute Gasteiger partial charge is 0.452 e. The van der Waals surface area contributed by atoms with E-state index >= 15 is 0 Å².